The summed E-state index contributed by atoms with van der Waals surface area (Å²) in [5.41, 5.74) is -0.824. The van der Waals surface area contributed by atoms with Gasteiger partial charge in [0.15, 0.2) is 0 Å². The van der Waals surface area contributed by atoms with E-state index in [0.717, 1.165) is 19.3 Å². The molecule has 0 saturated heterocycles. The highest BCUT2D eigenvalue weighted by atomic mass is 16.7. The molecule has 0 atom stereocenters. The van der Waals surface area contributed by atoms with Crippen LogP contribution in [0.15, 0.2) is 5.16 Å². The fourth-order valence-electron chi connectivity index (χ4n) is 0.967. The zero-order valence-corrected chi connectivity index (χ0v) is 8.39. The Hall–Kier alpha value is -1.06. The van der Waals surface area contributed by atoms with Gasteiger partial charge in [0.1, 0.15) is 5.84 Å². The molecule has 1 rings (SSSR count). The summed E-state index contributed by atoms with van der Waals surface area (Å²) in [4.78, 5) is 16.4. The zero-order chi connectivity index (χ0) is 9.90. The molecular weight excluding hydrogens is 168 g/mol. The summed E-state index contributed by atoms with van der Waals surface area (Å²) in [5.74, 6) is 0.528. The van der Waals surface area contributed by atoms with Crippen molar-refractivity contribution in [3.63, 3.8) is 0 Å². The van der Waals surface area contributed by atoms with Crippen molar-refractivity contribution in [2.24, 2.45) is 5.16 Å². The third-order valence-corrected chi connectivity index (χ3v) is 1.96. The van der Waals surface area contributed by atoms with Gasteiger partial charge in [-0.05, 0) is 20.3 Å². The molecule has 0 aliphatic carbocycles. The first-order valence-electron chi connectivity index (χ1n) is 4.63. The molecule has 1 aliphatic rings. The largest absolute Gasteiger partial charge is 0.378 e. The van der Waals surface area contributed by atoms with Gasteiger partial charge in [0.05, 0.1) is 0 Å². The van der Waals surface area contributed by atoms with E-state index in [1.54, 1.807) is 13.8 Å². The quantitative estimate of drug-likeness (QED) is 0.721. The Morgan fingerprint density at radius 3 is 2.77 bits per heavy atom. The van der Waals surface area contributed by atoms with Gasteiger partial charge in [-0.1, -0.05) is 18.5 Å². The van der Waals surface area contributed by atoms with Crippen LogP contribution in [0.2, 0.25) is 0 Å². The standard InChI is InChI=1S/C9H16N2O2/c1-4-5-6-7-10-8(12)9(2,3)13-11-7/h4-6H2,1-3H3,(H,10,11,12). The minimum absolute atomic E-state index is 0.117. The Balaban J connectivity index is 2.54. The van der Waals surface area contributed by atoms with E-state index >= 15 is 0 Å². The van der Waals surface area contributed by atoms with Crippen LogP contribution in [0.3, 0.4) is 0 Å². The molecule has 0 aromatic rings. The highest BCUT2D eigenvalue weighted by Gasteiger charge is 2.34. The van der Waals surface area contributed by atoms with Crippen molar-refractivity contribution in [2.75, 3.05) is 0 Å². The summed E-state index contributed by atoms with van der Waals surface area (Å²) < 4.78 is 0. The lowest BCUT2D eigenvalue weighted by atomic mass is 10.1. The normalized spacial score (nSPS) is 20.2. The number of rotatable bonds is 3. The van der Waals surface area contributed by atoms with Crippen LogP contribution in [0.5, 0.6) is 0 Å². The number of hydrogen-bond acceptors (Lipinski definition) is 3. The first kappa shape index (κ1) is 10.0. The first-order valence-corrected chi connectivity index (χ1v) is 4.63. The van der Waals surface area contributed by atoms with E-state index in [1.807, 2.05) is 0 Å². The van der Waals surface area contributed by atoms with Gasteiger partial charge in [0, 0.05) is 6.42 Å². The second-order valence-electron chi connectivity index (χ2n) is 3.70. The minimum atomic E-state index is -0.824. The maximum Gasteiger partial charge on any atom is 0.271 e. The van der Waals surface area contributed by atoms with Gasteiger partial charge in [-0.3, -0.25) is 4.79 Å². The number of oxime groups is 1. The molecule has 0 fully saturated rings. The molecule has 13 heavy (non-hydrogen) atoms. The Morgan fingerprint density at radius 2 is 2.23 bits per heavy atom. The molecule has 1 N–H and O–H groups in total. The van der Waals surface area contributed by atoms with Crippen LogP contribution < -0.4 is 5.32 Å². The number of carbonyl (C=O) groups excluding carboxylic acids is 1. The predicted molar refractivity (Wildman–Crippen MR) is 50.3 cm³/mol. The second kappa shape index (κ2) is 3.77. The number of amides is 1. The van der Waals surface area contributed by atoms with E-state index in [4.69, 9.17) is 4.84 Å². The van der Waals surface area contributed by atoms with Crippen LogP contribution in [-0.4, -0.2) is 17.3 Å². The smallest absolute Gasteiger partial charge is 0.271 e. The molecule has 74 valence electrons. The van der Waals surface area contributed by atoms with Crippen molar-refractivity contribution >= 4 is 11.7 Å². The van der Waals surface area contributed by atoms with E-state index in [2.05, 4.69) is 17.4 Å². The van der Waals surface area contributed by atoms with Crippen molar-refractivity contribution in [1.29, 1.82) is 0 Å². The van der Waals surface area contributed by atoms with Gasteiger partial charge in [0.25, 0.3) is 5.91 Å². The third kappa shape index (κ3) is 2.44. The summed E-state index contributed by atoms with van der Waals surface area (Å²) in [6.45, 7) is 5.49. The average molecular weight is 184 g/mol. The average Bonchev–Trinajstić information content (AvgIpc) is 2.07. The fourth-order valence-corrected chi connectivity index (χ4v) is 0.967. The van der Waals surface area contributed by atoms with Crippen molar-refractivity contribution in [3.05, 3.63) is 0 Å². The van der Waals surface area contributed by atoms with Gasteiger partial charge < -0.3 is 10.2 Å². The fraction of sp³-hybridized carbons (Fsp3) is 0.778. The SMILES string of the molecule is CCCCC1=NOC(C)(C)C(=O)N1. The number of amidine groups is 1. The maximum atomic E-state index is 11.4. The van der Waals surface area contributed by atoms with E-state index in [0.29, 0.717) is 5.84 Å². The first-order chi connectivity index (χ1) is 6.06. The summed E-state index contributed by atoms with van der Waals surface area (Å²) in [7, 11) is 0. The van der Waals surface area contributed by atoms with Crippen molar-refractivity contribution in [3.8, 4) is 0 Å². The molecular formula is C9H16N2O2. The van der Waals surface area contributed by atoms with Crippen molar-refractivity contribution < 1.29 is 9.63 Å². The maximum absolute atomic E-state index is 11.4. The summed E-state index contributed by atoms with van der Waals surface area (Å²) >= 11 is 0. The lowest BCUT2D eigenvalue weighted by Crippen LogP contribution is -2.49. The highest BCUT2D eigenvalue weighted by molar-refractivity contribution is 6.02. The number of carbonyl (C=O) groups is 1. The molecule has 4 heteroatoms. The summed E-state index contributed by atoms with van der Waals surface area (Å²) in [6, 6.07) is 0. The summed E-state index contributed by atoms with van der Waals surface area (Å²) in [6.07, 6.45) is 2.87. The number of nitrogens with one attached hydrogen (secondary N) is 1. The van der Waals surface area contributed by atoms with Crippen LogP contribution in [0.1, 0.15) is 40.0 Å². The second-order valence-corrected chi connectivity index (χ2v) is 3.70. The molecule has 1 amide bonds. The van der Waals surface area contributed by atoms with Crippen molar-refractivity contribution in [1.82, 2.24) is 5.32 Å². The van der Waals surface area contributed by atoms with Crippen LogP contribution in [-0.2, 0) is 9.63 Å². The molecule has 0 spiro atoms. The molecule has 1 heterocycles. The minimum Gasteiger partial charge on any atom is -0.378 e. The van der Waals surface area contributed by atoms with Crippen LogP contribution >= 0.6 is 0 Å². The predicted octanol–water partition coefficient (Wildman–Crippen LogP) is 1.42. The van der Waals surface area contributed by atoms with E-state index in [1.165, 1.54) is 0 Å². The molecule has 0 radical (unpaired) electrons. The molecule has 0 unspecified atom stereocenters. The molecule has 0 aromatic carbocycles. The highest BCUT2D eigenvalue weighted by Crippen LogP contribution is 2.14. The zero-order valence-electron chi connectivity index (χ0n) is 8.39. The van der Waals surface area contributed by atoms with Crippen LogP contribution in [0.25, 0.3) is 0 Å². The van der Waals surface area contributed by atoms with Gasteiger partial charge in [-0.25, -0.2) is 0 Å². The number of unbranched alkanes of at least 4 members (excludes halogenated alkanes) is 1. The lowest BCUT2D eigenvalue weighted by molar-refractivity contribution is -0.143. The topological polar surface area (TPSA) is 50.7 Å². The van der Waals surface area contributed by atoms with Gasteiger partial charge in [0.2, 0.25) is 5.60 Å². The van der Waals surface area contributed by atoms with Crippen LogP contribution in [0.4, 0.5) is 0 Å². The molecule has 0 saturated carbocycles. The van der Waals surface area contributed by atoms with E-state index in [9.17, 15) is 4.79 Å². The summed E-state index contributed by atoms with van der Waals surface area (Å²) in [5, 5.41) is 6.58. The molecule has 4 nitrogen and oxygen atoms in total. The van der Waals surface area contributed by atoms with Gasteiger partial charge in [-0.2, -0.15) is 0 Å². The lowest BCUT2D eigenvalue weighted by Gasteiger charge is -2.26. The van der Waals surface area contributed by atoms with E-state index in [-0.39, 0.29) is 5.91 Å². The van der Waals surface area contributed by atoms with E-state index < -0.39 is 5.60 Å². The molecule has 0 bridgehead atoms. The Labute approximate surface area is 78.3 Å². The third-order valence-electron chi connectivity index (χ3n) is 1.96. The Bertz CT molecular complexity index is 234. The van der Waals surface area contributed by atoms with Gasteiger partial charge in [-0.15, -0.1) is 0 Å². The van der Waals surface area contributed by atoms with Crippen molar-refractivity contribution in [2.45, 2.75) is 45.6 Å². The molecule has 0 aromatic heterocycles. The number of hydrogen-bond donors (Lipinski definition) is 1. The monoisotopic (exact) mass is 184 g/mol. The Kier molecular flexibility index (Phi) is 2.90. The number of nitrogens with zero attached hydrogens (tertiary/aromatic N) is 1. The Morgan fingerprint density at radius 1 is 1.54 bits per heavy atom. The van der Waals surface area contributed by atoms with Crippen LogP contribution in [0, 0.1) is 0 Å². The van der Waals surface area contributed by atoms with Gasteiger partial charge >= 0.3 is 0 Å². The molecule has 1 aliphatic heterocycles.